The molecular formula is C18H16N4O3. The first-order valence-electron chi connectivity index (χ1n) is 7.53. The second kappa shape index (κ2) is 7.87. The Bertz CT molecular complexity index is 841. The van der Waals surface area contributed by atoms with E-state index in [2.05, 4.69) is 20.3 Å². The van der Waals surface area contributed by atoms with Crippen LogP contribution in [0.1, 0.15) is 16.1 Å². The van der Waals surface area contributed by atoms with Crippen LogP contribution < -0.4 is 14.8 Å². The minimum atomic E-state index is -0.349. The largest absolute Gasteiger partial charge is 0.493 e. The van der Waals surface area contributed by atoms with E-state index in [0.717, 1.165) is 5.56 Å². The van der Waals surface area contributed by atoms with Crippen molar-refractivity contribution in [2.45, 2.75) is 6.61 Å². The molecule has 0 saturated heterocycles. The maximum Gasteiger partial charge on any atom is 0.275 e. The Balaban J connectivity index is 1.74. The normalized spacial score (nSPS) is 10.1. The lowest BCUT2D eigenvalue weighted by molar-refractivity contribution is 0.102. The summed E-state index contributed by atoms with van der Waals surface area (Å²) in [6, 6.07) is 8.90. The second-order valence-electron chi connectivity index (χ2n) is 5.05. The molecule has 126 valence electrons. The highest BCUT2D eigenvalue weighted by Gasteiger charge is 2.11. The lowest BCUT2D eigenvalue weighted by Gasteiger charge is -2.13. The lowest BCUT2D eigenvalue weighted by Crippen LogP contribution is -2.13. The van der Waals surface area contributed by atoms with Gasteiger partial charge in [-0.2, -0.15) is 0 Å². The molecule has 7 heteroatoms. The lowest BCUT2D eigenvalue weighted by atomic mass is 10.2. The smallest absolute Gasteiger partial charge is 0.275 e. The van der Waals surface area contributed by atoms with E-state index in [9.17, 15) is 4.79 Å². The molecule has 1 aromatic carbocycles. The van der Waals surface area contributed by atoms with Crippen molar-refractivity contribution in [3.63, 3.8) is 0 Å². The number of aromatic nitrogens is 3. The summed E-state index contributed by atoms with van der Waals surface area (Å²) in [5.41, 5.74) is 1.78. The maximum absolute atomic E-state index is 12.2. The highest BCUT2D eigenvalue weighted by atomic mass is 16.5. The van der Waals surface area contributed by atoms with Gasteiger partial charge in [0.05, 0.1) is 13.3 Å². The van der Waals surface area contributed by atoms with Crippen molar-refractivity contribution in [1.29, 1.82) is 0 Å². The summed E-state index contributed by atoms with van der Waals surface area (Å²) < 4.78 is 11.1. The van der Waals surface area contributed by atoms with Gasteiger partial charge in [0.1, 0.15) is 12.3 Å². The topological polar surface area (TPSA) is 86.2 Å². The van der Waals surface area contributed by atoms with E-state index in [1.54, 1.807) is 37.7 Å². The van der Waals surface area contributed by atoms with Crippen molar-refractivity contribution >= 4 is 11.6 Å². The Kier molecular flexibility index (Phi) is 5.16. The van der Waals surface area contributed by atoms with Crippen LogP contribution in [0.4, 0.5) is 5.69 Å². The molecule has 2 heterocycles. The molecule has 0 fully saturated rings. The zero-order chi connectivity index (χ0) is 17.5. The average molecular weight is 336 g/mol. The number of pyridine rings is 1. The first-order valence-corrected chi connectivity index (χ1v) is 7.53. The number of nitrogens with one attached hydrogen (secondary N) is 1. The van der Waals surface area contributed by atoms with Crippen LogP contribution in [0.3, 0.4) is 0 Å². The van der Waals surface area contributed by atoms with Gasteiger partial charge in [0.25, 0.3) is 5.91 Å². The molecule has 0 bridgehead atoms. The third-order valence-corrected chi connectivity index (χ3v) is 3.36. The van der Waals surface area contributed by atoms with Gasteiger partial charge in [-0.25, -0.2) is 4.98 Å². The number of anilines is 1. The molecule has 1 N–H and O–H groups in total. The molecule has 1 amide bonds. The van der Waals surface area contributed by atoms with E-state index in [-0.39, 0.29) is 11.6 Å². The fourth-order valence-electron chi connectivity index (χ4n) is 2.12. The van der Waals surface area contributed by atoms with Crippen molar-refractivity contribution < 1.29 is 14.3 Å². The minimum absolute atomic E-state index is 0.234. The summed E-state index contributed by atoms with van der Waals surface area (Å²) in [5, 5.41) is 2.76. The molecule has 0 aliphatic carbocycles. The van der Waals surface area contributed by atoms with Crippen LogP contribution in [0.5, 0.6) is 11.5 Å². The highest BCUT2D eigenvalue weighted by Crippen LogP contribution is 2.31. The first kappa shape index (κ1) is 16.4. The predicted molar refractivity (Wildman–Crippen MR) is 91.5 cm³/mol. The third kappa shape index (κ3) is 4.29. The summed E-state index contributed by atoms with van der Waals surface area (Å²) in [6.45, 7) is 0.362. The molecule has 2 aromatic heterocycles. The SMILES string of the molecule is COc1ccc(NC(=O)c2cnccn2)cc1OCc1ccncc1. The number of amides is 1. The van der Waals surface area contributed by atoms with E-state index in [4.69, 9.17) is 9.47 Å². The van der Waals surface area contributed by atoms with Gasteiger partial charge in [0.15, 0.2) is 11.5 Å². The minimum Gasteiger partial charge on any atom is -0.493 e. The molecule has 0 saturated carbocycles. The molecule has 0 radical (unpaired) electrons. The number of rotatable bonds is 6. The Hall–Kier alpha value is -3.48. The Labute approximate surface area is 144 Å². The standard InChI is InChI=1S/C18H16N4O3/c1-24-16-3-2-14(22-18(23)15-11-20-8-9-21-15)10-17(16)25-12-13-4-6-19-7-5-13/h2-11H,12H2,1H3,(H,22,23). The summed E-state index contributed by atoms with van der Waals surface area (Å²) >= 11 is 0. The van der Waals surface area contributed by atoms with E-state index in [1.807, 2.05) is 12.1 Å². The van der Waals surface area contributed by atoms with Crippen LogP contribution in [0.25, 0.3) is 0 Å². The van der Waals surface area contributed by atoms with Crippen molar-refractivity contribution in [3.05, 3.63) is 72.6 Å². The molecule has 7 nitrogen and oxygen atoms in total. The molecular weight excluding hydrogens is 320 g/mol. The molecule has 25 heavy (non-hydrogen) atoms. The summed E-state index contributed by atoms with van der Waals surface area (Å²) in [4.78, 5) is 24.0. The zero-order valence-electron chi connectivity index (χ0n) is 13.5. The predicted octanol–water partition coefficient (Wildman–Crippen LogP) is 2.71. The van der Waals surface area contributed by atoms with E-state index in [1.165, 1.54) is 18.6 Å². The summed E-state index contributed by atoms with van der Waals surface area (Å²) in [6.07, 6.45) is 7.78. The van der Waals surface area contributed by atoms with E-state index < -0.39 is 0 Å². The summed E-state index contributed by atoms with van der Waals surface area (Å²) in [7, 11) is 1.56. The van der Waals surface area contributed by atoms with Crippen LogP contribution in [0.2, 0.25) is 0 Å². The molecule has 0 atom stereocenters. The number of ether oxygens (including phenoxy) is 2. The quantitative estimate of drug-likeness (QED) is 0.745. The maximum atomic E-state index is 12.2. The van der Waals surface area contributed by atoms with Crippen LogP contribution >= 0.6 is 0 Å². The zero-order valence-corrected chi connectivity index (χ0v) is 13.5. The van der Waals surface area contributed by atoms with Gasteiger partial charge in [-0.1, -0.05) is 0 Å². The molecule has 3 rings (SSSR count). The number of carbonyl (C=O) groups is 1. The Morgan fingerprint density at radius 1 is 1.04 bits per heavy atom. The highest BCUT2D eigenvalue weighted by molar-refractivity contribution is 6.02. The number of benzene rings is 1. The Morgan fingerprint density at radius 2 is 1.88 bits per heavy atom. The van der Waals surface area contributed by atoms with Crippen LogP contribution in [-0.4, -0.2) is 28.0 Å². The van der Waals surface area contributed by atoms with Gasteiger partial charge in [-0.3, -0.25) is 14.8 Å². The average Bonchev–Trinajstić information content (AvgIpc) is 2.68. The third-order valence-electron chi connectivity index (χ3n) is 3.36. The Morgan fingerprint density at radius 3 is 2.60 bits per heavy atom. The molecule has 0 spiro atoms. The van der Waals surface area contributed by atoms with Crippen molar-refractivity contribution in [2.75, 3.05) is 12.4 Å². The molecule has 0 aliphatic heterocycles. The second-order valence-corrected chi connectivity index (χ2v) is 5.05. The van der Waals surface area contributed by atoms with Crippen LogP contribution in [0, 0.1) is 0 Å². The number of nitrogens with zero attached hydrogens (tertiary/aromatic N) is 3. The van der Waals surface area contributed by atoms with Gasteiger partial charge < -0.3 is 14.8 Å². The van der Waals surface area contributed by atoms with Gasteiger partial charge in [-0.05, 0) is 29.8 Å². The molecule has 3 aromatic rings. The van der Waals surface area contributed by atoms with E-state index in [0.29, 0.717) is 23.8 Å². The molecule has 0 unspecified atom stereocenters. The monoisotopic (exact) mass is 336 g/mol. The molecule has 0 aliphatic rings. The number of carbonyl (C=O) groups excluding carboxylic acids is 1. The summed E-state index contributed by atoms with van der Waals surface area (Å²) in [5.74, 6) is 0.751. The number of methoxy groups -OCH3 is 1. The fraction of sp³-hybridized carbons (Fsp3) is 0.111. The van der Waals surface area contributed by atoms with Gasteiger partial charge in [0, 0.05) is 36.5 Å². The van der Waals surface area contributed by atoms with Crippen molar-refractivity contribution in [2.24, 2.45) is 0 Å². The number of hydrogen-bond acceptors (Lipinski definition) is 6. The van der Waals surface area contributed by atoms with Gasteiger partial charge in [-0.15, -0.1) is 0 Å². The van der Waals surface area contributed by atoms with Crippen LogP contribution in [0.15, 0.2) is 61.3 Å². The van der Waals surface area contributed by atoms with Crippen molar-refractivity contribution in [1.82, 2.24) is 15.0 Å². The fourth-order valence-corrected chi connectivity index (χ4v) is 2.12. The van der Waals surface area contributed by atoms with Crippen molar-refractivity contribution in [3.8, 4) is 11.5 Å². The van der Waals surface area contributed by atoms with Gasteiger partial charge >= 0.3 is 0 Å². The number of hydrogen-bond donors (Lipinski definition) is 1. The van der Waals surface area contributed by atoms with E-state index >= 15 is 0 Å². The van der Waals surface area contributed by atoms with Crippen LogP contribution in [-0.2, 0) is 6.61 Å². The van der Waals surface area contributed by atoms with Gasteiger partial charge in [0.2, 0.25) is 0 Å². The first-order chi connectivity index (χ1) is 12.3.